The van der Waals surface area contributed by atoms with Crippen molar-refractivity contribution in [3.05, 3.63) is 29.0 Å². The van der Waals surface area contributed by atoms with E-state index in [4.69, 9.17) is 11.6 Å². The number of carbonyl (C=O) groups excluding carboxylic acids is 1. The molecule has 120 valence electrons. The molecule has 8 heteroatoms. The Balaban J connectivity index is 1.60. The van der Waals surface area contributed by atoms with E-state index in [0.29, 0.717) is 22.3 Å². The minimum Gasteiger partial charge on any atom is -0.325 e. The minimum absolute atomic E-state index is 0.0186. The molecule has 2 fully saturated rings. The number of aromatic nitrogens is 4. The van der Waals surface area contributed by atoms with Crippen LogP contribution in [0.25, 0.3) is 5.69 Å². The van der Waals surface area contributed by atoms with E-state index in [1.807, 2.05) is 6.07 Å². The largest absolute Gasteiger partial charge is 0.325 e. The number of carbonyl (C=O) groups is 1. The van der Waals surface area contributed by atoms with Gasteiger partial charge >= 0.3 is 0 Å². The van der Waals surface area contributed by atoms with Gasteiger partial charge in [-0.15, -0.1) is 5.10 Å². The maximum Gasteiger partial charge on any atom is 0.241 e. The fraction of sp³-hybridized carbons (Fsp3) is 0.467. The lowest BCUT2D eigenvalue weighted by atomic mass is 10.2. The number of amides is 1. The third kappa shape index (κ3) is 2.94. The van der Waals surface area contributed by atoms with E-state index in [1.54, 1.807) is 16.8 Å². The average molecular weight is 333 g/mol. The zero-order valence-electron chi connectivity index (χ0n) is 12.5. The summed E-state index contributed by atoms with van der Waals surface area (Å²) in [4.78, 5) is 12.2. The molecule has 0 spiro atoms. The SMILES string of the molecule is O=C(Nc1ccc(Cl)c(-n2nnnc2C2CC2)c1)C1CCCN1. The Hall–Kier alpha value is -1.99. The van der Waals surface area contributed by atoms with Crippen LogP contribution in [0.1, 0.15) is 37.4 Å². The summed E-state index contributed by atoms with van der Waals surface area (Å²) in [5.41, 5.74) is 1.39. The van der Waals surface area contributed by atoms with Crippen molar-refractivity contribution in [1.82, 2.24) is 25.5 Å². The summed E-state index contributed by atoms with van der Waals surface area (Å²) >= 11 is 6.31. The highest BCUT2D eigenvalue weighted by molar-refractivity contribution is 6.32. The zero-order valence-corrected chi connectivity index (χ0v) is 13.3. The number of anilines is 1. The van der Waals surface area contributed by atoms with Gasteiger partial charge in [0.05, 0.1) is 16.8 Å². The summed E-state index contributed by atoms with van der Waals surface area (Å²) in [5, 5.41) is 18.6. The van der Waals surface area contributed by atoms with Crippen molar-refractivity contribution in [3.63, 3.8) is 0 Å². The van der Waals surface area contributed by atoms with E-state index >= 15 is 0 Å². The second kappa shape index (κ2) is 5.90. The van der Waals surface area contributed by atoms with Crippen LogP contribution in [-0.4, -0.2) is 38.7 Å². The van der Waals surface area contributed by atoms with Gasteiger partial charge in [0, 0.05) is 11.6 Å². The van der Waals surface area contributed by atoms with E-state index in [2.05, 4.69) is 26.2 Å². The second-order valence-electron chi connectivity index (χ2n) is 6.03. The van der Waals surface area contributed by atoms with E-state index in [1.165, 1.54) is 0 Å². The normalized spacial score (nSPS) is 20.7. The van der Waals surface area contributed by atoms with Crippen molar-refractivity contribution in [3.8, 4) is 5.69 Å². The summed E-state index contributed by atoms with van der Waals surface area (Å²) in [6, 6.07) is 5.24. The third-order valence-corrected chi connectivity index (χ3v) is 4.57. The maximum atomic E-state index is 12.2. The zero-order chi connectivity index (χ0) is 15.8. The highest BCUT2D eigenvalue weighted by Gasteiger charge is 2.30. The smallest absolute Gasteiger partial charge is 0.241 e. The van der Waals surface area contributed by atoms with Gasteiger partial charge in [0.25, 0.3) is 0 Å². The molecule has 7 nitrogen and oxygen atoms in total. The molecule has 1 aliphatic carbocycles. The number of hydrogen-bond donors (Lipinski definition) is 2. The van der Waals surface area contributed by atoms with Crippen LogP contribution >= 0.6 is 11.6 Å². The molecule has 1 aliphatic heterocycles. The third-order valence-electron chi connectivity index (χ3n) is 4.25. The Morgan fingerprint density at radius 3 is 2.96 bits per heavy atom. The average Bonchev–Trinajstić information content (AvgIpc) is 3.04. The minimum atomic E-state index is -0.121. The van der Waals surface area contributed by atoms with Crippen molar-refractivity contribution in [2.75, 3.05) is 11.9 Å². The molecule has 1 amide bonds. The van der Waals surface area contributed by atoms with E-state index in [-0.39, 0.29) is 11.9 Å². The molecule has 1 aromatic carbocycles. The van der Waals surface area contributed by atoms with Crippen LogP contribution in [0.2, 0.25) is 5.02 Å². The van der Waals surface area contributed by atoms with Gasteiger partial charge in [0.2, 0.25) is 5.91 Å². The second-order valence-corrected chi connectivity index (χ2v) is 6.43. The van der Waals surface area contributed by atoms with E-state index < -0.39 is 0 Å². The maximum absolute atomic E-state index is 12.2. The van der Waals surface area contributed by atoms with E-state index in [9.17, 15) is 4.79 Å². The van der Waals surface area contributed by atoms with Gasteiger partial charge in [-0.05, 0) is 60.9 Å². The molecule has 0 radical (unpaired) electrons. The molecule has 1 saturated carbocycles. The van der Waals surface area contributed by atoms with Crippen LogP contribution in [0.15, 0.2) is 18.2 Å². The number of tetrazole rings is 1. The van der Waals surface area contributed by atoms with Crippen LogP contribution in [0.3, 0.4) is 0 Å². The molecule has 1 saturated heterocycles. The highest BCUT2D eigenvalue weighted by Crippen LogP contribution is 2.39. The van der Waals surface area contributed by atoms with Crippen LogP contribution in [0.5, 0.6) is 0 Å². The highest BCUT2D eigenvalue weighted by atomic mass is 35.5. The van der Waals surface area contributed by atoms with Crippen LogP contribution < -0.4 is 10.6 Å². The number of benzene rings is 1. The monoisotopic (exact) mass is 332 g/mol. The van der Waals surface area contributed by atoms with Crippen LogP contribution in [0.4, 0.5) is 5.69 Å². The molecular formula is C15H17ClN6O. The summed E-state index contributed by atoms with van der Waals surface area (Å²) in [6.07, 6.45) is 4.09. The van der Waals surface area contributed by atoms with Crippen molar-refractivity contribution >= 4 is 23.2 Å². The molecular weight excluding hydrogens is 316 g/mol. The van der Waals surface area contributed by atoms with Crippen molar-refractivity contribution in [2.24, 2.45) is 0 Å². The number of nitrogens with one attached hydrogen (secondary N) is 2. The fourth-order valence-corrected chi connectivity index (χ4v) is 3.05. The van der Waals surface area contributed by atoms with Crippen molar-refractivity contribution in [2.45, 2.75) is 37.6 Å². The summed E-state index contributed by atoms with van der Waals surface area (Å²) in [6.45, 7) is 0.888. The molecule has 1 atom stereocenters. The Kier molecular flexibility index (Phi) is 3.74. The molecule has 4 rings (SSSR count). The molecule has 2 N–H and O–H groups in total. The topological polar surface area (TPSA) is 84.7 Å². The van der Waals surface area contributed by atoms with Crippen LogP contribution in [0, 0.1) is 0 Å². The number of nitrogens with zero attached hydrogens (tertiary/aromatic N) is 4. The molecule has 1 aromatic heterocycles. The standard InChI is InChI=1S/C15H17ClN6O/c16-11-6-5-10(18-15(23)12-2-1-7-17-12)8-13(11)22-14(9-3-4-9)19-20-21-22/h5-6,8-9,12,17H,1-4,7H2,(H,18,23). The van der Waals surface area contributed by atoms with Crippen molar-refractivity contribution in [1.29, 1.82) is 0 Å². The number of rotatable bonds is 4. The van der Waals surface area contributed by atoms with Crippen LogP contribution in [-0.2, 0) is 4.79 Å². The lowest BCUT2D eigenvalue weighted by Crippen LogP contribution is -2.35. The molecule has 2 aliphatic rings. The van der Waals surface area contributed by atoms with Gasteiger partial charge in [-0.1, -0.05) is 11.6 Å². The molecule has 2 heterocycles. The molecule has 1 unspecified atom stereocenters. The first-order valence-electron chi connectivity index (χ1n) is 7.85. The first kappa shape index (κ1) is 14.6. The molecule has 23 heavy (non-hydrogen) atoms. The summed E-state index contributed by atoms with van der Waals surface area (Å²) in [5.74, 6) is 1.21. The predicted octanol–water partition coefficient (Wildman–Crippen LogP) is 1.88. The predicted molar refractivity (Wildman–Crippen MR) is 85.8 cm³/mol. The summed E-state index contributed by atoms with van der Waals surface area (Å²) in [7, 11) is 0. The van der Waals surface area contributed by atoms with Gasteiger partial charge in [-0.3, -0.25) is 4.79 Å². The van der Waals surface area contributed by atoms with Gasteiger partial charge in [-0.25, -0.2) is 0 Å². The number of halogens is 1. The van der Waals surface area contributed by atoms with Gasteiger partial charge in [0.1, 0.15) is 0 Å². The first-order chi connectivity index (χ1) is 11.2. The van der Waals surface area contributed by atoms with Crippen molar-refractivity contribution < 1.29 is 4.79 Å². The first-order valence-corrected chi connectivity index (χ1v) is 8.22. The Morgan fingerprint density at radius 1 is 1.35 bits per heavy atom. The Labute approximate surface area is 138 Å². The van der Waals surface area contributed by atoms with Gasteiger partial charge < -0.3 is 10.6 Å². The Morgan fingerprint density at radius 2 is 2.22 bits per heavy atom. The van der Waals surface area contributed by atoms with Gasteiger partial charge in [0.15, 0.2) is 5.82 Å². The lowest BCUT2D eigenvalue weighted by Gasteiger charge is -2.13. The Bertz CT molecular complexity index is 735. The molecule has 2 aromatic rings. The molecule has 0 bridgehead atoms. The summed E-state index contributed by atoms with van der Waals surface area (Å²) < 4.78 is 1.67. The number of hydrogen-bond acceptors (Lipinski definition) is 5. The van der Waals surface area contributed by atoms with E-state index in [0.717, 1.165) is 38.1 Å². The quantitative estimate of drug-likeness (QED) is 0.893. The lowest BCUT2D eigenvalue weighted by molar-refractivity contribution is -0.117. The fourth-order valence-electron chi connectivity index (χ4n) is 2.85. The van der Waals surface area contributed by atoms with Gasteiger partial charge in [-0.2, -0.15) is 4.68 Å².